The number of hydrogen-bond acceptors (Lipinski definition) is 6. The minimum atomic E-state index is -0.116. The molecule has 0 radical (unpaired) electrons. The highest BCUT2D eigenvalue weighted by atomic mass is 32.1. The third kappa shape index (κ3) is 4.02. The third-order valence-corrected chi connectivity index (χ3v) is 5.25. The first-order valence-electron chi connectivity index (χ1n) is 8.21. The van der Waals surface area contributed by atoms with Gasteiger partial charge in [-0.1, -0.05) is 32.1 Å². The van der Waals surface area contributed by atoms with Crippen molar-refractivity contribution in [2.45, 2.75) is 51.7 Å². The summed E-state index contributed by atoms with van der Waals surface area (Å²) in [5.41, 5.74) is -0.114. The van der Waals surface area contributed by atoms with Crippen LogP contribution in [0.3, 0.4) is 0 Å². The molecule has 1 atom stereocenters. The zero-order chi connectivity index (χ0) is 17.2. The average molecular weight is 349 g/mol. The summed E-state index contributed by atoms with van der Waals surface area (Å²) >= 11 is 1.36. The van der Waals surface area contributed by atoms with Crippen molar-refractivity contribution in [1.82, 2.24) is 15.1 Å². The van der Waals surface area contributed by atoms with E-state index in [2.05, 4.69) is 31.0 Å². The highest BCUT2D eigenvalue weighted by Gasteiger charge is 2.28. The fourth-order valence-corrected chi connectivity index (χ4v) is 3.46. The van der Waals surface area contributed by atoms with Crippen LogP contribution in [0.25, 0.3) is 0 Å². The quantitative estimate of drug-likeness (QED) is 0.829. The van der Waals surface area contributed by atoms with Crippen molar-refractivity contribution in [1.29, 1.82) is 0 Å². The van der Waals surface area contributed by atoms with E-state index in [0.29, 0.717) is 18.1 Å². The van der Waals surface area contributed by atoms with Gasteiger partial charge >= 0.3 is 0 Å². The van der Waals surface area contributed by atoms with Crippen LogP contribution in [-0.2, 0) is 16.7 Å². The third-order valence-electron chi connectivity index (χ3n) is 3.91. The van der Waals surface area contributed by atoms with Crippen LogP contribution in [0, 0.1) is 0 Å². The van der Waals surface area contributed by atoms with Crippen molar-refractivity contribution in [2.24, 2.45) is 0 Å². The molecule has 0 spiro atoms. The zero-order valence-electron chi connectivity index (χ0n) is 14.3. The molecule has 3 heterocycles. The monoisotopic (exact) mass is 349 g/mol. The molecule has 130 valence electrons. The van der Waals surface area contributed by atoms with Gasteiger partial charge in [0.25, 0.3) is 5.91 Å². The molecular formula is C17H23N3O3S. The number of carbonyl (C=O) groups excluding carboxylic acids is 1. The molecular weight excluding hydrogens is 326 g/mol. The summed E-state index contributed by atoms with van der Waals surface area (Å²) in [7, 11) is 0. The van der Waals surface area contributed by atoms with E-state index >= 15 is 0 Å². The van der Waals surface area contributed by atoms with E-state index in [-0.39, 0.29) is 17.4 Å². The Morgan fingerprint density at radius 3 is 2.83 bits per heavy atom. The van der Waals surface area contributed by atoms with Gasteiger partial charge in [-0.05, 0) is 25.0 Å². The Bertz CT molecular complexity index is 670. The van der Waals surface area contributed by atoms with Crippen LogP contribution in [0.15, 0.2) is 22.8 Å². The largest absolute Gasteiger partial charge is 0.467 e. The summed E-state index contributed by atoms with van der Waals surface area (Å²) < 4.78 is 11.1. The molecule has 0 bridgehead atoms. The predicted octanol–water partition coefficient (Wildman–Crippen LogP) is 3.25. The summed E-state index contributed by atoms with van der Waals surface area (Å²) in [5, 5.41) is 9.58. The van der Waals surface area contributed by atoms with Crippen molar-refractivity contribution in [3.05, 3.63) is 34.2 Å². The van der Waals surface area contributed by atoms with Crippen LogP contribution in [0.4, 0.5) is 0 Å². The smallest absolute Gasteiger partial charge is 0.285 e. The fraction of sp³-hybridized carbons (Fsp3) is 0.588. The molecule has 3 rings (SSSR count). The molecule has 1 aliphatic heterocycles. The number of amides is 1. The molecule has 24 heavy (non-hydrogen) atoms. The zero-order valence-corrected chi connectivity index (χ0v) is 15.1. The lowest BCUT2D eigenvalue weighted by Crippen LogP contribution is -2.36. The Balaban J connectivity index is 1.77. The van der Waals surface area contributed by atoms with Crippen molar-refractivity contribution < 1.29 is 13.9 Å². The minimum Gasteiger partial charge on any atom is -0.467 e. The van der Waals surface area contributed by atoms with Gasteiger partial charge < -0.3 is 14.1 Å². The SMILES string of the molecule is CC(C)(C)c1nnc(C(=O)N(Cc2ccco2)CC2CCCO2)s1. The molecule has 0 saturated carbocycles. The van der Waals surface area contributed by atoms with E-state index in [1.54, 1.807) is 11.2 Å². The Kier molecular flexibility index (Phi) is 5.01. The average Bonchev–Trinajstić information content (AvgIpc) is 3.27. The number of aromatic nitrogens is 2. The van der Waals surface area contributed by atoms with Crippen molar-refractivity contribution >= 4 is 17.2 Å². The Morgan fingerprint density at radius 2 is 2.25 bits per heavy atom. The molecule has 1 fully saturated rings. The molecule has 1 aliphatic rings. The van der Waals surface area contributed by atoms with Crippen molar-refractivity contribution in [3.8, 4) is 0 Å². The normalized spacial score (nSPS) is 18.0. The molecule has 0 aliphatic carbocycles. The van der Waals surface area contributed by atoms with Crippen LogP contribution in [0.2, 0.25) is 0 Å². The lowest BCUT2D eigenvalue weighted by molar-refractivity contribution is 0.0490. The Morgan fingerprint density at radius 1 is 1.42 bits per heavy atom. The first-order valence-corrected chi connectivity index (χ1v) is 9.02. The van der Waals surface area contributed by atoms with Crippen LogP contribution in [-0.4, -0.2) is 40.3 Å². The molecule has 1 unspecified atom stereocenters. The van der Waals surface area contributed by atoms with Gasteiger partial charge in [-0.25, -0.2) is 0 Å². The maximum absolute atomic E-state index is 12.9. The molecule has 7 heteroatoms. The summed E-state index contributed by atoms with van der Waals surface area (Å²) in [5.74, 6) is 0.636. The Hall–Kier alpha value is -1.73. The lowest BCUT2D eigenvalue weighted by atomic mass is 9.98. The summed E-state index contributed by atoms with van der Waals surface area (Å²) in [6.45, 7) is 7.92. The minimum absolute atomic E-state index is 0.0823. The fourth-order valence-electron chi connectivity index (χ4n) is 2.59. The lowest BCUT2D eigenvalue weighted by Gasteiger charge is -2.23. The van der Waals surface area contributed by atoms with Gasteiger partial charge in [0.1, 0.15) is 10.8 Å². The van der Waals surface area contributed by atoms with E-state index in [4.69, 9.17) is 9.15 Å². The number of hydrogen-bond donors (Lipinski definition) is 0. The van der Waals surface area contributed by atoms with Gasteiger partial charge in [0, 0.05) is 18.6 Å². The number of nitrogens with zero attached hydrogens (tertiary/aromatic N) is 3. The standard InChI is InChI=1S/C17H23N3O3S/c1-17(2,3)16-19-18-14(24-16)15(21)20(10-12-6-4-8-22-12)11-13-7-5-9-23-13/h4,6,8,13H,5,7,9-11H2,1-3H3. The van der Waals surface area contributed by atoms with Gasteiger partial charge in [-0.3, -0.25) is 4.79 Å². The maximum Gasteiger partial charge on any atom is 0.285 e. The van der Waals surface area contributed by atoms with Crippen LogP contribution < -0.4 is 0 Å². The van der Waals surface area contributed by atoms with Crippen molar-refractivity contribution in [3.63, 3.8) is 0 Å². The highest BCUT2D eigenvalue weighted by Crippen LogP contribution is 2.26. The van der Waals surface area contributed by atoms with E-state index < -0.39 is 0 Å². The summed E-state index contributed by atoms with van der Waals surface area (Å²) in [4.78, 5) is 14.7. The van der Waals surface area contributed by atoms with Crippen molar-refractivity contribution in [2.75, 3.05) is 13.2 Å². The summed E-state index contributed by atoms with van der Waals surface area (Å²) in [6.07, 6.45) is 3.72. The van der Waals surface area contributed by atoms with Crippen LogP contribution in [0.5, 0.6) is 0 Å². The van der Waals surface area contributed by atoms with Crippen LogP contribution >= 0.6 is 11.3 Å². The number of carbonyl (C=O) groups is 1. The first kappa shape index (κ1) is 17.1. The van der Waals surface area contributed by atoms with Gasteiger partial charge in [0.2, 0.25) is 5.01 Å². The second-order valence-corrected chi connectivity index (χ2v) is 8.04. The van der Waals surface area contributed by atoms with E-state index in [1.807, 2.05) is 12.1 Å². The molecule has 1 amide bonds. The maximum atomic E-state index is 12.9. The topological polar surface area (TPSA) is 68.5 Å². The number of furan rings is 1. The highest BCUT2D eigenvalue weighted by molar-refractivity contribution is 7.13. The molecule has 2 aromatic rings. The second-order valence-electron chi connectivity index (χ2n) is 7.06. The second kappa shape index (κ2) is 7.03. The Labute approximate surface area is 145 Å². The molecule has 0 N–H and O–H groups in total. The van der Waals surface area contributed by atoms with Gasteiger partial charge in [0.15, 0.2) is 0 Å². The molecule has 6 nitrogen and oxygen atoms in total. The van der Waals surface area contributed by atoms with E-state index in [1.165, 1.54) is 11.3 Å². The number of ether oxygens (including phenoxy) is 1. The van der Waals surface area contributed by atoms with E-state index in [9.17, 15) is 4.79 Å². The van der Waals surface area contributed by atoms with Crippen LogP contribution in [0.1, 0.15) is 54.2 Å². The van der Waals surface area contributed by atoms with Gasteiger partial charge in [-0.2, -0.15) is 0 Å². The van der Waals surface area contributed by atoms with Gasteiger partial charge in [0.05, 0.1) is 18.9 Å². The van der Waals surface area contributed by atoms with Gasteiger partial charge in [-0.15, -0.1) is 10.2 Å². The predicted molar refractivity (Wildman–Crippen MR) is 91.0 cm³/mol. The molecule has 1 saturated heterocycles. The first-order chi connectivity index (χ1) is 11.4. The number of rotatable bonds is 5. The molecule has 2 aromatic heterocycles. The summed E-state index contributed by atoms with van der Waals surface area (Å²) in [6, 6.07) is 3.70. The van der Waals surface area contributed by atoms with E-state index in [0.717, 1.165) is 30.2 Å². The molecule has 0 aromatic carbocycles.